The van der Waals surface area contributed by atoms with Gasteiger partial charge in [0.15, 0.2) is 9.84 Å². The first-order valence-corrected chi connectivity index (χ1v) is 15.2. The van der Waals surface area contributed by atoms with Crippen LogP contribution in [0.5, 0.6) is 5.88 Å². The van der Waals surface area contributed by atoms with Crippen molar-refractivity contribution in [2.24, 2.45) is 0 Å². The van der Waals surface area contributed by atoms with Gasteiger partial charge in [-0.25, -0.2) is 23.4 Å². The summed E-state index contributed by atoms with van der Waals surface area (Å²) in [6.45, 7) is 6.92. The first-order valence-electron chi connectivity index (χ1n) is 12.3. The zero-order chi connectivity index (χ0) is 26.2. The van der Waals surface area contributed by atoms with Crippen molar-refractivity contribution in [1.82, 2.24) is 19.9 Å². The van der Waals surface area contributed by atoms with Crippen LogP contribution in [0, 0.1) is 6.92 Å². The Labute approximate surface area is 220 Å². The topological polar surface area (TPSA) is 115 Å². The van der Waals surface area contributed by atoms with Crippen molar-refractivity contribution < 1.29 is 22.7 Å². The van der Waals surface area contributed by atoms with E-state index in [2.05, 4.69) is 21.7 Å². The third kappa shape index (κ3) is 5.77. The summed E-state index contributed by atoms with van der Waals surface area (Å²) in [6, 6.07) is 1.81. The molecule has 198 valence electrons. The Balaban J connectivity index is 1.64. The summed E-state index contributed by atoms with van der Waals surface area (Å²) < 4.78 is 36.0. The largest absolute Gasteiger partial charge is 0.481 e. The molecule has 5 rings (SSSR count). The van der Waals surface area contributed by atoms with E-state index >= 15 is 0 Å². The highest BCUT2D eigenvalue weighted by Crippen LogP contribution is 2.39. The van der Waals surface area contributed by atoms with Gasteiger partial charge in [-0.2, -0.15) is 0 Å². The van der Waals surface area contributed by atoms with Crippen molar-refractivity contribution in [3.05, 3.63) is 28.3 Å². The maximum atomic E-state index is 12.1. The minimum atomic E-state index is -3.30. The smallest absolute Gasteiger partial charge is 0.226 e. The molecule has 0 aromatic carbocycles. The lowest BCUT2D eigenvalue weighted by molar-refractivity contribution is -0.121. The summed E-state index contributed by atoms with van der Waals surface area (Å²) in [7, 11) is -1.82. The van der Waals surface area contributed by atoms with E-state index in [1.165, 1.54) is 13.4 Å². The number of methoxy groups -OCH3 is 1. The number of carbonyl (C=O) groups is 1. The fraction of sp³-hybridized carbons (Fsp3) is 0.520. The van der Waals surface area contributed by atoms with Crippen molar-refractivity contribution >= 4 is 43.1 Å². The van der Waals surface area contributed by atoms with Crippen molar-refractivity contribution in [2.75, 3.05) is 57.7 Å². The molecule has 0 bridgehead atoms. The Morgan fingerprint density at radius 2 is 1.86 bits per heavy atom. The molecule has 2 saturated heterocycles. The number of thiophene rings is 1. The highest BCUT2D eigenvalue weighted by atomic mass is 32.2. The van der Waals surface area contributed by atoms with Gasteiger partial charge in [-0.15, -0.1) is 11.3 Å². The molecule has 0 amide bonds. The second kappa shape index (κ2) is 10.6. The molecule has 0 atom stereocenters. The van der Waals surface area contributed by atoms with Gasteiger partial charge in [-0.05, 0) is 13.0 Å². The highest BCUT2D eigenvalue weighted by Gasteiger charge is 2.25. The molecule has 2 fully saturated rings. The maximum absolute atomic E-state index is 12.1. The number of aromatic nitrogens is 3. The number of morpholine rings is 1. The molecule has 0 unspecified atom stereocenters. The lowest BCUT2D eigenvalue weighted by atomic mass is 10.1. The Hall–Kier alpha value is -2.67. The van der Waals surface area contributed by atoms with Gasteiger partial charge >= 0.3 is 0 Å². The normalized spacial score (nSPS) is 17.5. The molecule has 37 heavy (non-hydrogen) atoms. The van der Waals surface area contributed by atoms with Gasteiger partial charge in [0.2, 0.25) is 11.8 Å². The van der Waals surface area contributed by atoms with E-state index in [0.717, 1.165) is 51.5 Å². The zero-order valence-corrected chi connectivity index (χ0v) is 23.0. The fourth-order valence-corrected chi connectivity index (χ4v) is 6.68. The first-order chi connectivity index (χ1) is 17.7. The molecule has 0 radical (unpaired) electrons. The summed E-state index contributed by atoms with van der Waals surface area (Å²) in [5.74, 6) is 1.05. The van der Waals surface area contributed by atoms with E-state index in [0.29, 0.717) is 56.4 Å². The van der Waals surface area contributed by atoms with Crippen molar-refractivity contribution in [3.8, 4) is 17.1 Å². The second-order valence-corrected chi connectivity index (χ2v) is 12.9. The molecule has 2 aliphatic heterocycles. The Morgan fingerprint density at radius 3 is 2.54 bits per heavy atom. The SMILES string of the molecule is COc1ncc(-c2nc(N3CCOCC3)nc3c(CN4CCC(=O)CC4)c(C)sc23)cc1CS(C)(=O)=O. The standard InChI is InChI=1S/C25H31N5O5S2/c1-16-20(14-29-6-4-19(31)5-7-29)22-23(36-16)21(27-25(28-22)30-8-10-35-11-9-30)17-12-18(15-37(3,32)33)24(34-2)26-13-17/h12-13H,4-11,14-15H2,1-3H3. The summed E-state index contributed by atoms with van der Waals surface area (Å²) in [5, 5.41) is 0. The minimum absolute atomic E-state index is 0.177. The number of pyridine rings is 1. The van der Waals surface area contributed by atoms with Crippen LogP contribution >= 0.6 is 11.3 Å². The lowest BCUT2D eigenvalue weighted by Gasteiger charge is -2.28. The molecule has 5 heterocycles. The van der Waals surface area contributed by atoms with Crippen LogP contribution in [-0.4, -0.2) is 86.8 Å². The molecule has 2 aliphatic rings. The number of rotatable bonds is 7. The van der Waals surface area contributed by atoms with Crippen LogP contribution in [0.3, 0.4) is 0 Å². The molecule has 3 aromatic heterocycles. The summed E-state index contributed by atoms with van der Waals surface area (Å²) in [6.07, 6.45) is 4.05. The van der Waals surface area contributed by atoms with Crippen LogP contribution in [-0.2, 0) is 31.7 Å². The number of carbonyl (C=O) groups excluding carboxylic acids is 1. The Kier molecular flexibility index (Phi) is 7.44. The van der Waals surface area contributed by atoms with Crippen LogP contribution in [0.4, 0.5) is 5.95 Å². The average molecular weight is 546 g/mol. The zero-order valence-electron chi connectivity index (χ0n) is 21.3. The van der Waals surface area contributed by atoms with Gasteiger partial charge in [-0.3, -0.25) is 9.69 Å². The van der Waals surface area contributed by atoms with E-state index in [1.54, 1.807) is 17.5 Å². The molecule has 0 spiro atoms. The average Bonchev–Trinajstić information content (AvgIpc) is 3.19. The number of aryl methyl sites for hydroxylation is 1. The number of likely N-dealkylation sites (tertiary alicyclic amines) is 1. The van der Waals surface area contributed by atoms with Gasteiger partial charge < -0.3 is 14.4 Å². The van der Waals surface area contributed by atoms with Crippen LogP contribution in [0.2, 0.25) is 0 Å². The number of Topliss-reactive ketones (excluding diaryl/α,β-unsaturated/α-hetero) is 1. The van der Waals surface area contributed by atoms with Crippen LogP contribution < -0.4 is 9.64 Å². The minimum Gasteiger partial charge on any atom is -0.481 e. The molecule has 0 aliphatic carbocycles. The number of fused-ring (bicyclic) bond motifs is 1. The lowest BCUT2D eigenvalue weighted by Crippen LogP contribution is -2.37. The molecular formula is C25H31N5O5S2. The van der Waals surface area contributed by atoms with Gasteiger partial charge in [0.05, 0.1) is 42.0 Å². The van der Waals surface area contributed by atoms with Gasteiger partial charge in [0, 0.05) is 79.6 Å². The molecule has 10 nitrogen and oxygen atoms in total. The van der Waals surface area contributed by atoms with E-state index in [9.17, 15) is 13.2 Å². The van der Waals surface area contributed by atoms with Gasteiger partial charge in [-0.1, -0.05) is 0 Å². The Morgan fingerprint density at radius 1 is 1.14 bits per heavy atom. The predicted molar refractivity (Wildman–Crippen MR) is 143 cm³/mol. The number of piperidine rings is 1. The molecular weight excluding hydrogens is 514 g/mol. The highest BCUT2D eigenvalue weighted by molar-refractivity contribution is 7.89. The van der Waals surface area contributed by atoms with Crippen LogP contribution in [0.1, 0.15) is 28.8 Å². The number of sulfone groups is 1. The second-order valence-electron chi connectivity index (χ2n) is 9.56. The third-order valence-corrected chi connectivity index (χ3v) is 8.70. The number of ether oxygens (including phenoxy) is 2. The number of nitrogens with zero attached hydrogens (tertiary/aromatic N) is 5. The molecule has 12 heteroatoms. The molecule has 0 saturated carbocycles. The number of anilines is 1. The van der Waals surface area contributed by atoms with E-state index < -0.39 is 9.84 Å². The number of hydrogen-bond acceptors (Lipinski definition) is 11. The number of hydrogen-bond donors (Lipinski definition) is 0. The van der Waals surface area contributed by atoms with Gasteiger partial charge in [0.1, 0.15) is 5.78 Å². The van der Waals surface area contributed by atoms with E-state index in [4.69, 9.17) is 19.4 Å². The van der Waals surface area contributed by atoms with E-state index in [1.807, 2.05) is 6.07 Å². The summed E-state index contributed by atoms with van der Waals surface area (Å²) >= 11 is 1.63. The summed E-state index contributed by atoms with van der Waals surface area (Å²) in [4.78, 5) is 31.8. The summed E-state index contributed by atoms with van der Waals surface area (Å²) in [5.41, 5.74) is 3.98. The maximum Gasteiger partial charge on any atom is 0.226 e. The first kappa shape index (κ1) is 26.0. The van der Waals surface area contributed by atoms with Gasteiger partial charge in [0.25, 0.3) is 0 Å². The molecule has 0 N–H and O–H groups in total. The fourth-order valence-electron chi connectivity index (χ4n) is 4.79. The number of ketones is 1. The quantitative estimate of drug-likeness (QED) is 0.439. The van der Waals surface area contributed by atoms with Crippen molar-refractivity contribution in [2.45, 2.75) is 32.1 Å². The van der Waals surface area contributed by atoms with Crippen LogP contribution in [0.25, 0.3) is 21.5 Å². The molecule has 3 aromatic rings. The Bertz CT molecular complexity index is 1420. The third-order valence-electron chi connectivity index (χ3n) is 6.72. The monoisotopic (exact) mass is 545 g/mol. The van der Waals surface area contributed by atoms with Crippen molar-refractivity contribution in [1.29, 1.82) is 0 Å². The predicted octanol–water partition coefficient (Wildman–Crippen LogP) is 2.62. The van der Waals surface area contributed by atoms with Crippen LogP contribution in [0.15, 0.2) is 12.3 Å². The van der Waals surface area contributed by atoms with Crippen molar-refractivity contribution in [3.63, 3.8) is 0 Å². The van der Waals surface area contributed by atoms with E-state index in [-0.39, 0.29) is 11.6 Å².